The predicted molar refractivity (Wildman–Crippen MR) is 119 cm³/mol. The summed E-state index contributed by atoms with van der Waals surface area (Å²) < 4.78 is 0.988. The van der Waals surface area contributed by atoms with Crippen LogP contribution < -0.4 is 5.32 Å². The zero-order valence-corrected chi connectivity index (χ0v) is 17.1. The topological polar surface area (TPSA) is 99.3 Å². The summed E-state index contributed by atoms with van der Waals surface area (Å²) in [5.41, 5.74) is 5.37. The molecule has 3 heterocycles. The number of aromatic nitrogens is 5. The summed E-state index contributed by atoms with van der Waals surface area (Å²) in [6, 6.07) is 18.8. The third-order valence-corrected chi connectivity index (χ3v) is 5.19. The van der Waals surface area contributed by atoms with Crippen LogP contribution in [-0.2, 0) is 0 Å². The fourth-order valence-electron chi connectivity index (χ4n) is 3.11. The second kappa shape index (κ2) is 7.57. The first-order valence-corrected chi connectivity index (χ1v) is 9.98. The number of H-pyrrole nitrogens is 2. The number of pyridine rings is 1. The molecular formula is C22H15BrN6O. The van der Waals surface area contributed by atoms with E-state index in [2.05, 4.69) is 46.4 Å². The quantitative estimate of drug-likeness (QED) is 0.351. The second-order valence-corrected chi connectivity index (χ2v) is 7.60. The predicted octanol–water partition coefficient (Wildman–Crippen LogP) is 5.03. The summed E-state index contributed by atoms with van der Waals surface area (Å²) in [6.07, 6.45) is 3.45. The number of hydrogen-bond acceptors (Lipinski definition) is 4. The van der Waals surface area contributed by atoms with Crippen molar-refractivity contribution in [1.82, 2.24) is 25.1 Å². The first-order valence-electron chi connectivity index (χ1n) is 9.18. The lowest BCUT2D eigenvalue weighted by atomic mass is 10.1. The van der Waals surface area contributed by atoms with Gasteiger partial charge in [-0.1, -0.05) is 28.1 Å². The van der Waals surface area contributed by atoms with Gasteiger partial charge in [-0.2, -0.15) is 5.10 Å². The van der Waals surface area contributed by atoms with Crippen LogP contribution in [0.5, 0.6) is 0 Å². The molecular weight excluding hydrogens is 444 g/mol. The first-order chi connectivity index (χ1) is 14.7. The van der Waals surface area contributed by atoms with Crippen molar-refractivity contribution in [3.63, 3.8) is 0 Å². The van der Waals surface area contributed by atoms with Gasteiger partial charge in [0.05, 0.1) is 22.9 Å². The van der Waals surface area contributed by atoms with Crippen molar-refractivity contribution in [3.05, 3.63) is 83.2 Å². The van der Waals surface area contributed by atoms with E-state index in [0.29, 0.717) is 17.1 Å². The molecule has 146 valence electrons. The lowest BCUT2D eigenvalue weighted by Gasteiger charge is -2.04. The molecule has 0 fully saturated rings. The maximum atomic E-state index is 12.6. The third kappa shape index (κ3) is 3.60. The molecule has 0 aliphatic carbocycles. The lowest BCUT2D eigenvalue weighted by molar-refractivity contribution is 0.102. The van der Waals surface area contributed by atoms with E-state index in [9.17, 15) is 4.79 Å². The first kappa shape index (κ1) is 18.3. The molecule has 0 saturated heterocycles. The number of fused-ring (bicyclic) bond motifs is 1. The minimum Gasteiger partial charge on any atom is -0.337 e. The number of nitrogens with zero attached hydrogens (tertiary/aromatic N) is 3. The number of halogens is 1. The molecule has 0 unspecified atom stereocenters. The number of anilines is 1. The molecule has 0 radical (unpaired) electrons. The number of amides is 1. The number of nitrogens with one attached hydrogen (secondary N) is 3. The van der Waals surface area contributed by atoms with Gasteiger partial charge in [0.25, 0.3) is 5.91 Å². The summed E-state index contributed by atoms with van der Waals surface area (Å²) in [4.78, 5) is 24.5. The van der Waals surface area contributed by atoms with Crippen molar-refractivity contribution >= 4 is 38.6 Å². The van der Waals surface area contributed by atoms with E-state index in [1.807, 2.05) is 54.6 Å². The van der Waals surface area contributed by atoms with Gasteiger partial charge in [-0.15, -0.1) is 0 Å². The van der Waals surface area contributed by atoms with E-state index >= 15 is 0 Å². The highest BCUT2D eigenvalue weighted by Crippen LogP contribution is 2.23. The highest BCUT2D eigenvalue weighted by atomic mass is 79.9. The van der Waals surface area contributed by atoms with Gasteiger partial charge in [0.2, 0.25) is 0 Å². The van der Waals surface area contributed by atoms with Crippen LogP contribution in [0.2, 0.25) is 0 Å². The Hall–Kier alpha value is -3.78. The van der Waals surface area contributed by atoms with Gasteiger partial charge in [0, 0.05) is 27.5 Å². The summed E-state index contributed by atoms with van der Waals surface area (Å²) in [6.45, 7) is 0. The Balaban J connectivity index is 1.31. The average molecular weight is 459 g/mol. The second-order valence-electron chi connectivity index (χ2n) is 6.68. The van der Waals surface area contributed by atoms with E-state index in [-0.39, 0.29) is 5.91 Å². The van der Waals surface area contributed by atoms with E-state index in [4.69, 9.17) is 0 Å². The van der Waals surface area contributed by atoms with Gasteiger partial charge in [-0.25, -0.2) is 4.98 Å². The molecule has 0 aliphatic heterocycles. The van der Waals surface area contributed by atoms with Crippen LogP contribution in [-0.4, -0.2) is 31.1 Å². The normalized spacial score (nSPS) is 11.0. The maximum Gasteiger partial charge on any atom is 0.273 e. The van der Waals surface area contributed by atoms with Crippen molar-refractivity contribution < 1.29 is 4.79 Å². The van der Waals surface area contributed by atoms with Crippen molar-refractivity contribution in [2.45, 2.75) is 0 Å². The van der Waals surface area contributed by atoms with Crippen LogP contribution in [0.15, 0.2) is 77.5 Å². The number of carbonyl (C=O) groups excluding carboxylic acids is 1. The number of rotatable bonds is 4. The number of carbonyl (C=O) groups is 1. The number of imidazole rings is 1. The molecule has 0 atom stereocenters. The number of benzene rings is 2. The van der Waals surface area contributed by atoms with Crippen molar-refractivity contribution in [2.24, 2.45) is 0 Å². The third-order valence-electron chi connectivity index (χ3n) is 4.66. The Kier molecular flexibility index (Phi) is 4.61. The van der Waals surface area contributed by atoms with Crippen molar-refractivity contribution in [1.29, 1.82) is 0 Å². The van der Waals surface area contributed by atoms with Crippen molar-refractivity contribution in [2.75, 3.05) is 5.32 Å². The van der Waals surface area contributed by atoms with Crippen molar-refractivity contribution in [3.8, 4) is 22.6 Å². The average Bonchev–Trinajstić information content (AvgIpc) is 3.42. The van der Waals surface area contributed by atoms with E-state index in [0.717, 1.165) is 32.5 Å². The Bertz CT molecular complexity index is 1310. The number of aromatic amines is 2. The Morgan fingerprint density at radius 2 is 1.73 bits per heavy atom. The molecule has 0 saturated carbocycles. The smallest absolute Gasteiger partial charge is 0.273 e. The van der Waals surface area contributed by atoms with Crippen LogP contribution in [0, 0.1) is 0 Å². The van der Waals surface area contributed by atoms with Gasteiger partial charge >= 0.3 is 0 Å². The van der Waals surface area contributed by atoms with Crippen LogP contribution in [0.4, 0.5) is 5.69 Å². The highest BCUT2D eigenvalue weighted by Gasteiger charge is 2.12. The van der Waals surface area contributed by atoms with Gasteiger partial charge in [-0.3, -0.25) is 14.9 Å². The SMILES string of the molecule is O=C(Nc1ccc(-c2nc3ccncc3[nH]2)cc1)c1cc(-c2ccc(Br)cc2)n[nH]1. The summed E-state index contributed by atoms with van der Waals surface area (Å²) in [7, 11) is 0. The minimum absolute atomic E-state index is 0.256. The fourth-order valence-corrected chi connectivity index (χ4v) is 3.37. The molecule has 0 aliphatic rings. The Morgan fingerprint density at radius 3 is 2.50 bits per heavy atom. The molecule has 30 heavy (non-hydrogen) atoms. The summed E-state index contributed by atoms with van der Waals surface area (Å²) >= 11 is 3.41. The van der Waals surface area contributed by atoms with E-state index in [1.165, 1.54) is 0 Å². The molecule has 5 rings (SSSR count). The van der Waals surface area contributed by atoms with Gasteiger partial charge in [-0.05, 0) is 48.5 Å². The number of hydrogen-bond donors (Lipinski definition) is 3. The van der Waals surface area contributed by atoms with Gasteiger partial charge in [0.15, 0.2) is 0 Å². The van der Waals surface area contributed by atoms with Crippen LogP contribution >= 0.6 is 15.9 Å². The molecule has 5 aromatic rings. The van der Waals surface area contributed by atoms with Crippen LogP contribution in [0.25, 0.3) is 33.7 Å². The standard InChI is InChI=1S/C22H15BrN6O/c23-15-5-1-13(2-6-15)18-11-19(29-28-18)22(30)25-16-7-3-14(4-8-16)21-26-17-9-10-24-12-20(17)27-21/h1-12H,(H,25,30)(H,26,27)(H,28,29). The zero-order valence-electron chi connectivity index (χ0n) is 15.6. The Labute approximate surface area is 179 Å². The minimum atomic E-state index is -0.256. The molecule has 3 aromatic heterocycles. The molecule has 8 heteroatoms. The van der Waals surface area contributed by atoms with E-state index < -0.39 is 0 Å². The highest BCUT2D eigenvalue weighted by molar-refractivity contribution is 9.10. The monoisotopic (exact) mass is 458 g/mol. The molecule has 3 N–H and O–H groups in total. The van der Waals surface area contributed by atoms with Gasteiger partial charge < -0.3 is 10.3 Å². The van der Waals surface area contributed by atoms with Crippen LogP contribution in [0.3, 0.4) is 0 Å². The van der Waals surface area contributed by atoms with Gasteiger partial charge in [0.1, 0.15) is 11.5 Å². The summed E-state index contributed by atoms with van der Waals surface area (Å²) in [5.74, 6) is 0.497. The van der Waals surface area contributed by atoms with Crippen LogP contribution in [0.1, 0.15) is 10.5 Å². The fraction of sp³-hybridized carbons (Fsp3) is 0. The Morgan fingerprint density at radius 1 is 0.967 bits per heavy atom. The molecule has 7 nitrogen and oxygen atoms in total. The molecule has 0 spiro atoms. The zero-order chi connectivity index (χ0) is 20.5. The summed E-state index contributed by atoms with van der Waals surface area (Å²) in [5, 5.41) is 9.91. The molecule has 1 amide bonds. The molecule has 0 bridgehead atoms. The van der Waals surface area contributed by atoms with E-state index in [1.54, 1.807) is 18.5 Å². The maximum absolute atomic E-state index is 12.6. The molecule has 2 aromatic carbocycles. The largest absolute Gasteiger partial charge is 0.337 e. The lowest BCUT2D eigenvalue weighted by Crippen LogP contribution is -2.12.